The Kier molecular flexibility index (Phi) is 7.80. The van der Waals surface area contributed by atoms with Gasteiger partial charge in [-0.25, -0.2) is 0 Å². The van der Waals surface area contributed by atoms with Crippen LogP contribution in [0.3, 0.4) is 0 Å². The molecule has 0 aliphatic heterocycles. The predicted molar refractivity (Wildman–Crippen MR) is 27.2 cm³/mol. The van der Waals surface area contributed by atoms with E-state index in [-0.39, 0.29) is 24.0 Å². The molecule has 0 amide bonds. The van der Waals surface area contributed by atoms with Gasteiger partial charge in [-0.2, -0.15) is 4.39 Å². The molecular formula is C2H4FIO. The Labute approximate surface area is 46.6 Å². The SMILES string of the molecule is CC(=O)F.I. The Morgan fingerprint density at radius 2 is 1.80 bits per heavy atom. The molecule has 0 N–H and O–H groups in total. The average Bonchev–Trinajstić information content (AvgIpc) is 0.811. The van der Waals surface area contributed by atoms with E-state index in [9.17, 15) is 4.39 Å². The molecule has 0 rings (SSSR count). The Bertz CT molecular complexity index is 32.6. The normalized spacial score (nSPS) is 5.20. The summed E-state index contributed by atoms with van der Waals surface area (Å²) in [6, 6.07) is -1.33. The van der Waals surface area contributed by atoms with Gasteiger partial charge in [-0.1, -0.05) is 0 Å². The van der Waals surface area contributed by atoms with Crippen molar-refractivity contribution in [1.82, 2.24) is 0 Å². The molecule has 0 spiro atoms. The molecule has 0 aromatic heterocycles. The van der Waals surface area contributed by atoms with Gasteiger partial charge in [0.1, 0.15) is 0 Å². The van der Waals surface area contributed by atoms with Crippen LogP contribution in [0.25, 0.3) is 0 Å². The van der Waals surface area contributed by atoms with Crippen LogP contribution < -0.4 is 0 Å². The summed E-state index contributed by atoms with van der Waals surface area (Å²) in [4.78, 5) is 8.78. The van der Waals surface area contributed by atoms with Gasteiger partial charge in [-0.3, -0.25) is 4.79 Å². The van der Waals surface area contributed by atoms with Crippen molar-refractivity contribution in [2.75, 3.05) is 0 Å². The van der Waals surface area contributed by atoms with Gasteiger partial charge >= 0.3 is 0 Å². The smallest absolute Gasteiger partial charge is 0.262 e. The van der Waals surface area contributed by atoms with Gasteiger partial charge in [0.25, 0.3) is 6.04 Å². The monoisotopic (exact) mass is 190 g/mol. The molecule has 0 saturated heterocycles. The molecule has 0 aromatic carbocycles. The Morgan fingerprint density at radius 1 is 1.80 bits per heavy atom. The summed E-state index contributed by atoms with van der Waals surface area (Å²) in [6.07, 6.45) is 0. The van der Waals surface area contributed by atoms with Crippen LogP contribution in [0.1, 0.15) is 6.92 Å². The third-order valence-corrected chi connectivity index (χ3v) is 0. The quantitative estimate of drug-likeness (QED) is 0.413. The highest BCUT2D eigenvalue weighted by atomic mass is 127. The second kappa shape index (κ2) is 4.33. The number of halogens is 2. The van der Waals surface area contributed by atoms with Crippen molar-refractivity contribution in [3.8, 4) is 0 Å². The Hall–Kier alpha value is 0.330. The minimum Gasteiger partial charge on any atom is -0.262 e. The van der Waals surface area contributed by atoms with E-state index in [1.807, 2.05) is 0 Å². The maximum Gasteiger partial charge on any atom is 0.298 e. The molecule has 0 radical (unpaired) electrons. The molecule has 0 fully saturated rings. The van der Waals surface area contributed by atoms with Crippen LogP contribution in [0, 0.1) is 0 Å². The summed E-state index contributed by atoms with van der Waals surface area (Å²) in [7, 11) is 0. The second-order valence-electron chi connectivity index (χ2n) is 0.470. The molecule has 0 aromatic rings. The van der Waals surface area contributed by atoms with Crippen LogP contribution >= 0.6 is 24.0 Å². The molecule has 0 aliphatic carbocycles. The Morgan fingerprint density at radius 3 is 1.80 bits per heavy atom. The summed E-state index contributed by atoms with van der Waals surface area (Å²) in [5.41, 5.74) is 0. The van der Waals surface area contributed by atoms with Crippen LogP contribution in [-0.4, -0.2) is 6.04 Å². The molecule has 0 heterocycles. The van der Waals surface area contributed by atoms with E-state index in [0.717, 1.165) is 6.92 Å². The van der Waals surface area contributed by atoms with Crippen LogP contribution in [0.5, 0.6) is 0 Å². The third-order valence-electron chi connectivity index (χ3n) is 0. The highest BCUT2D eigenvalue weighted by molar-refractivity contribution is 14.0. The first-order valence-electron chi connectivity index (χ1n) is 0.893. The summed E-state index contributed by atoms with van der Waals surface area (Å²) in [5, 5.41) is 0. The molecule has 3 heteroatoms. The summed E-state index contributed by atoms with van der Waals surface area (Å²) in [6.45, 7) is 0.861. The fourth-order valence-electron chi connectivity index (χ4n) is 0. The van der Waals surface area contributed by atoms with Crippen LogP contribution in [0.15, 0.2) is 0 Å². The number of carbonyl (C=O) groups excluding carboxylic acids is 1. The first-order chi connectivity index (χ1) is 1.73. The fourth-order valence-corrected chi connectivity index (χ4v) is 0. The largest absolute Gasteiger partial charge is 0.298 e. The van der Waals surface area contributed by atoms with Crippen LogP contribution in [-0.2, 0) is 4.79 Å². The standard InChI is InChI=1S/C2H3FO.HI/c1-2(3)4;/h1H3;1H. The topological polar surface area (TPSA) is 17.1 Å². The maximum atomic E-state index is 10.4. The molecule has 0 saturated carbocycles. The van der Waals surface area contributed by atoms with E-state index in [1.165, 1.54) is 0 Å². The van der Waals surface area contributed by atoms with E-state index in [4.69, 9.17) is 4.79 Å². The minimum atomic E-state index is -1.33. The second-order valence-corrected chi connectivity index (χ2v) is 0.470. The maximum absolute atomic E-state index is 10.4. The molecule has 0 atom stereocenters. The lowest BCUT2D eigenvalue weighted by Crippen LogP contribution is -1.65. The van der Waals surface area contributed by atoms with Crippen molar-refractivity contribution in [2.45, 2.75) is 6.92 Å². The van der Waals surface area contributed by atoms with E-state index in [1.54, 1.807) is 0 Å². The van der Waals surface area contributed by atoms with E-state index in [0.29, 0.717) is 0 Å². The number of rotatable bonds is 0. The average molecular weight is 190 g/mol. The first kappa shape index (κ1) is 9.01. The van der Waals surface area contributed by atoms with Crippen molar-refractivity contribution < 1.29 is 9.18 Å². The van der Waals surface area contributed by atoms with Crippen molar-refractivity contribution in [2.24, 2.45) is 0 Å². The van der Waals surface area contributed by atoms with Crippen LogP contribution in [0.2, 0.25) is 0 Å². The van der Waals surface area contributed by atoms with Crippen molar-refractivity contribution in [3.63, 3.8) is 0 Å². The highest BCUT2D eigenvalue weighted by Crippen LogP contribution is 1.58. The third kappa shape index (κ3) is 216. The van der Waals surface area contributed by atoms with Crippen molar-refractivity contribution in [1.29, 1.82) is 0 Å². The van der Waals surface area contributed by atoms with Gasteiger partial charge in [0, 0.05) is 6.92 Å². The molecule has 5 heavy (non-hydrogen) atoms. The van der Waals surface area contributed by atoms with Gasteiger partial charge in [-0.15, -0.1) is 24.0 Å². The zero-order valence-electron chi connectivity index (χ0n) is 2.69. The van der Waals surface area contributed by atoms with Gasteiger partial charge in [0.15, 0.2) is 0 Å². The number of hydrogen-bond acceptors (Lipinski definition) is 1. The van der Waals surface area contributed by atoms with Gasteiger partial charge in [-0.05, 0) is 0 Å². The molecule has 0 unspecified atom stereocenters. The van der Waals surface area contributed by atoms with Crippen molar-refractivity contribution >= 4 is 30.0 Å². The lowest BCUT2D eigenvalue weighted by molar-refractivity contribution is -0.126. The molecule has 0 aliphatic rings. The van der Waals surface area contributed by atoms with Crippen molar-refractivity contribution in [3.05, 3.63) is 0 Å². The fraction of sp³-hybridized carbons (Fsp3) is 0.500. The summed E-state index contributed by atoms with van der Waals surface area (Å²) >= 11 is 0. The van der Waals surface area contributed by atoms with Crippen LogP contribution in [0.4, 0.5) is 4.39 Å². The van der Waals surface area contributed by atoms with E-state index in [2.05, 4.69) is 0 Å². The molecule has 1 nitrogen and oxygen atoms in total. The zero-order valence-corrected chi connectivity index (χ0v) is 5.02. The lowest BCUT2D eigenvalue weighted by Gasteiger charge is -1.50. The van der Waals surface area contributed by atoms with Gasteiger partial charge in [0.05, 0.1) is 0 Å². The number of carbonyl (C=O) groups is 1. The minimum absolute atomic E-state index is 0. The Balaban J connectivity index is 0. The lowest BCUT2D eigenvalue weighted by atomic mass is 10.9. The van der Waals surface area contributed by atoms with Gasteiger partial charge < -0.3 is 0 Å². The molecular weight excluding hydrogens is 186 g/mol. The zero-order chi connectivity index (χ0) is 3.58. The summed E-state index contributed by atoms with van der Waals surface area (Å²) < 4.78 is 10.4. The highest BCUT2D eigenvalue weighted by Gasteiger charge is 1.69. The predicted octanol–water partition coefficient (Wildman–Crippen LogP) is 1.12. The first-order valence-corrected chi connectivity index (χ1v) is 0.893. The molecule has 0 bridgehead atoms. The van der Waals surface area contributed by atoms with Gasteiger partial charge in [0.2, 0.25) is 0 Å². The number of hydrogen-bond donors (Lipinski definition) is 0. The summed E-state index contributed by atoms with van der Waals surface area (Å²) in [5.74, 6) is 0. The van der Waals surface area contributed by atoms with E-state index < -0.39 is 6.04 Å². The molecule has 32 valence electrons. The van der Waals surface area contributed by atoms with E-state index >= 15 is 0 Å².